The molecule has 1 aromatic carbocycles. The van der Waals surface area contributed by atoms with Gasteiger partial charge in [-0.15, -0.1) is 9.24 Å². The molecule has 0 bridgehead atoms. The third kappa shape index (κ3) is 2.09. The Balaban J connectivity index is 2.09. The van der Waals surface area contributed by atoms with Crippen LogP contribution in [0.15, 0.2) is 0 Å². The van der Waals surface area contributed by atoms with E-state index in [9.17, 15) is 0 Å². The van der Waals surface area contributed by atoms with E-state index in [2.05, 4.69) is 64.5 Å². The molecule has 1 fully saturated rings. The van der Waals surface area contributed by atoms with Gasteiger partial charge in [0.2, 0.25) is 0 Å². The first kappa shape index (κ1) is 15.2. The van der Waals surface area contributed by atoms with Gasteiger partial charge in [0.1, 0.15) is 0 Å². The molecule has 20 heavy (non-hydrogen) atoms. The van der Waals surface area contributed by atoms with Crippen LogP contribution >= 0.6 is 31.8 Å². The van der Waals surface area contributed by atoms with E-state index in [1.807, 2.05) is 0 Å². The molecule has 3 heteroatoms. The first-order valence-corrected chi connectivity index (χ1v) is 9.28. The van der Waals surface area contributed by atoms with Gasteiger partial charge in [0, 0.05) is 3.57 Å². The van der Waals surface area contributed by atoms with Crippen LogP contribution in [0.1, 0.15) is 47.9 Å². The molecule has 2 aliphatic rings. The van der Waals surface area contributed by atoms with E-state index in [-0.39, 0.29) is 0 Å². The summed E-state index contributed by atoms with van der Waals surface area (Å²) in [6, 6.07) is 0. The summed E-state index contributed by atoms with van der Waals surface area (Å²) in [5.74, 6) is 0.723. The number of halogens is 1. The minimum atomic E-state index is 0.530. The van der Waals surface area contributed by atoms with Crippen molar-refractivity contribution >= 4 is 37.1 Å². The average Bonchev–Trinajstić information content (AvgIpc) is 2.72. The second-order valence-electron chi connectivity index (χ2n) is 6.93. The van der Waals surface area contributed by atoms with Crippen molar-refractivity contribution in [2.24, 2.45) is 5.41 Å². The molecule has 1 saturated heterocycles. The molecule has 0 aromatic heterocycles. The second kappa shape index (κ2) is 5.21. The van der Waals surface area contributed by atoms with Crippen LogP contribution in [0, 0.1) is 22.8 Å². The van der Waals surface area contributed by atoms with Crippen molar-refractivity contribution in [1.29, 1.82) is 0 Å². The van der Waals surface area contributed by atoms with Crippen molar-refractivity contribution < 1.29 is 0 Å². The maximum atomic E-state index is 3.03. The zero-order valence-corrected chi connectivity index (χ0v) is 16.3. The highest BCUT2D eigenvalue weighted by atomic mass is 127. The molecule has 3 rings (SSSR count). The van der Waals surface area contributed by atoms with Gasteiger partial charge in [-0.2, -0.15) is 0 Å². The SMILES string of the molecule is Cc1c(C)c2c(c(P)c1I)CC1(CCN(C)CC1)C2C. The number of likely N-dealkylation sites (tertiary alicyclic amines) is 1. The van der Waals surface area contributed by atoms with Gasteiger partial charge in [-0.05, 0) is 115 Å². The van der Waals surface area contributed by atoms with Crippen LogP contribution in [0.5, 0.6) is 0 Å². The molecule has 0 N–H and O–H groups in total. The van der Waals surface area contributed by atoms with Gasteiger partial charge in [0.25, 0.3) is 0 Å². The normalized spacial score (nSPS) is 25.2. The second-order valence-corrected chi connectivity index (χ2v) is 8.59. The number of piperidine rings is 1. The quantitative estimate of drug-likeness (QED) is 0.473. The molecule has 2 unspecified atom stereocenters. The molecule has 2 atom stereocenters. The summed E-state index contributed by atoms with van der Waals surface area (Å²) in [4.78, 5) is 2.49. The predicted molar refractivity (Wildman–Crippen MR) is 99.3 cm³/mol. The monoisotopic (exact) mass is 401 g/mol. The lowest BCUT2D eigenvalue weighted by molar-refractivity contribution is 0.110. The van der Waals surface area contributed by atoms with Gasteiger partial charge >= 0.3 is 0 Å². The first-order valence-electron chi connectivity index (χ1n) is 7.63. The molecule has 1 nitrogen and oxygen atoms in total. The van der Waals surface area contributed by atoms with Crippen molar-refractivity contribution in [3.63, 3.8) is 0 Å². The topological polar surface area (TPSA) is 3.24 Å². The third-order valence-electron chi connectivity index (χ3n) is 6.05. The van der Waals surface area contributed by atoms with Gasteiger partial charge in [-0.25, -0.2) is 0 Å². The highest BCUT2D eigenvalue weighted by Gasteiger charge is 2.46. The summed E-state index contributed by atoms with van der Waals surface area (Å²) in [6.45, 7) is 9.64. The molecule has 110 valence electrons. The Bertz CT molecular complexity index is 559. The van der Waals surface area contributed by atoms with Crippen LogP contribution in [0.4, 0.5) is 0 Å². The summed E-state index contributed by atoms with van der Waals surface area (Å²) in [5.41, 5.74) is 6.91. The molecule has 0 amide bonds. The molecule has 1 aromatic rings. The highest BCUT2D eigenvalue weighted by Crippen LogP contribution is 2.54. The summed E-state index contributed by atoms with van der Waals surface area (Å²) in [5, 5.41) is 1.48. The summed E-state index contributed by atoms with van der Waals surface area (Å²) in [7, 11) is 5.29. The van der Waals surface area contributed by atoms with Crippen molar-refractivity contribution in [3.8, 4) is 0 Å². The molecular formula is C17H25INP. The minimum Gasteiger partial charge on any atom is -0.306 e. The van der Waals surface area contributed by atoms with Crippen molar-refractivity contribution in [2.75, 3.05) is 20.1 Å². The molecule has 1 spiro atoms. The largest absolute Gasteiger partial charge is 0.306 e. The fraction of sp³-hybridized carbons (Fsp3) is 0.647. The Morgan fingerprint density at radius 1 is 1.20 bits per heavy atom. The minimum absolute atomic E-state index is 0.530. The fourth-order valence-corrected chi connectivity index (χ4v) is 5.54. The van der Waals surface area contributed by atoms with E-state index in [4.69, 9.17) is 0 Å². The van der Waals surface area contributed by atoms with Crippen molar-refractivity contribution in [2.45, 2.75) is 46.0 Å². The molecule has 0 saturated carbocycles. The van der Waals surface area contributed by atoms with Crippen LogP contribution in [-0.4, -0.2) is 25.0 Å². The number of hydrogen-bond acceptors (Lipinski definition) is 1. The van der Waals surface area contributed by atoms with Gasteiger partial charge in [-0.3, -0.25) is 0 Å². The molecule has 0 radical (unpaired) electrons. The van der Waals surface area contributed by atoms with E-state index in [1.165, 1.54) is 46.8 Å². The first-order chi connectivity index (χ1) is 9.37. The Hall–Kier alpha value is 0.340. The lowest BCUT2D eigenvalue weighted by Crippen LogP contribution is -2.39. The average molecular weight is 401 g/mol. The number of rotatable bonds is 0. The van der Waals surface area contributed by atoms with Gasteiger partial charge in [-0.1, -0.05) is 6.92 Å². The Morgan fingerprint density at radius 2 is 1.80 bits per heavy atom. The zero-order chi connectivity index (χ0) is 14.7. The zero-order valence-electron chi connectivity index (χ0n) is 13.0. The van der Waals surface area contributed by atoms with Crippen molar-refractivity contribution in [1.82, 2.24) is 4.90 Å². The number of benzene rings is 1. The maximum absolute atomic E-state index is 3.03. The lowest BCUT2D eigenvalue weighted by atomic mass is 9.70. The maximum Gasteiger partial charge on any atom is 0.0236 e. The highest BCUT2D eigenvalue weighted by molar-refractivity contribution is 14.1. The Labute approximate surface area is 139 Å². The van der Waals surface area contributed by atoms with Crippen LogP contribution in [-0.2, 0) is 6.42 Å². The van der Waals surface area contributed by atoms with E-state index < -0.39 is 0 Å². The number of hydrogen-bond donors (Lipinski definition) is 0. The van der Waals surface area contributed by atoms with E-state index in [1.54, 1.807) is 16.7 Å². The number of fused-ring (bicyclic) bond motifs is 1. The molecule has 1 aliphatic carbocycles. The van der Waals surface area contributed by atoms with Crippen LogP contribution in [0.25, 0.3) is 0 Å². The van der Waals surface area contributed by atoms with Gasteiger partial charge in [0.15, 0.2) is 0 Å². The van der Waals surface area contributed by atoms with E-state index in [0.717, 1.165) is 5.92 Å². The Kier molecular flexibility index (Phi) is 3.97. The van der Waals surface area contributed by atoms with Crippen LogP contribution in [0.3, 0.4) is 0 Å². The smallest absolute Gasteiger partial charge is 0.0236 e. The van der Waals surface area contributed by atoms with Gasteiger partial charge in [0.05, 0.1) is 0 Å². The van der Waals surface area contributed by atoms with Crippen LogP contribution in [0.2, 0.25) is 0 Å². The molecule has 1 aliphatic heterocycles. The van der Waals surface area contributed by atoms with E-state index in [0.29, 0.717) is 5.41 Å². The summed E-state index contributed by atoms with van der Waals surface area (Å²) < 4.78 is 1.46. The fourth-order valence-electron chi connectivity index (χ4n) is 4.33. The van der Waals surface area contributed by atoms with E-state index >= 15 is 0 Å². The van der Waals surface area contributed by atoms with Crippen LogP contribution < -0.4 is 5.30 Å². The Morgan fingerprint density at radius 3 is 2.40 bits per heavy atom. The summed E-state index contributed by atoms with van der Waals surface area (Å²) >= 11 is 2.53. The third-order valence-corrected chi connectivity index (χ3v) is 8.66. The van der Waals surface area contributed by atoms with Gasteiger partial charge < -0.3 is 4.90 Å². The van der Waals surface area contributed by atoms with Crippen molar-refractivity contribution in [3.05, 3.63) is 25.8 Å². The number of nitrogens with zero attached hydrogens (tertiary/aromatic N) is 1. The summed E-state index contributed by atoms with van der Waals surface area (Å²) in [6.07, 6.45) is 4.02. The molecular weight excluding hydrogens is 376 g/mol. The standard InChI is InChI=1S/C17H25INP/c1-10-11(2)15(18)16(20)13-9-17(12(3)14(10)13)5-7-19(4)8-6-17/h12H,5-9,20H2,1-4H3. The molecule has 1 heterocycles. The predicted octanol–water partition coefficient (Wildman–Crippen LogP) is 3.78. The lowest BCUT2D eigenvalue weighted by Gasteiger charge is -2.41.